The van der Waals surface area contributed by atoms with E-state index in [1.54, 1.807) is 4.90 Å². The number of aromatic amines is 1. The van der Waals surface area contributed by atoms with Crippen molar-refractivity contribution in [1.29, 1.82) is 0 Å². The van der Waals surface area contributed by atoms with Crippen molar-refractivity contribution in [3.8, 4) is 0 Å². The molecule has 154 valence electrons. The first-order chi connectivity index (χ1) is 15.2. The number of carbonyl (C=O) groups excluding carboxylic acids is 2. The Bertz CT molecular complexity index is 1270. The van der Waals surface area contributed by atoms with Gasteiger partial charge in [0.25, 0.3) is 0 Å². The van der Waals surface area contributed by atoms with Gasteiger partial charge in [-0.2, -0.15) is 0 Å². The van der Waals surface area contributed by atoms with Crippen molar-refractivity contribution in [2.45, 2.75) is 11.4 Å². The molecule has 3 amide bonds. The normalized spacial score (nSPS) is 13.2. The number of carbonyl (C=O) groups is 2. The Labute approximate surface area is 183 Å². The van der Waals surface area contributed by atoms with E-state index in [-0.39, 0.29) is 11.9 Å². The molecule has 0 spiro atoms. The maximum atomic E-state index is 12.6. The molecule has 0 atom stereocenters. The molecule has 0 bridgehead atoms. The van der Waals surface area contributed by atoms with Gasteiger partial charge < -0.3 is 20.5 Å². The number of thioether (sulfide) groups is 1. The number of fused-ring (bicyclic) bond motifs is 2. The molecule has 6 nitrogen and oxygen atoms in total. The molecule has 0 aliphatic carbocycles. The van der Waals surface area contributed by atoms with Crippen LogP contribution in [0, 0.1) is 0 Å². The van der Waals surface area contributed by atoms with E-state index >= 15 is 0 Å². The predicted octanol–water partition coefficient (Wildman–Crippen LogP) is 5.45. The number of amides is 3. The topological polar surface area (TPSA) is 77.2 Å². The number of aromatic nitrogens is 1. The molecule has 1 aromatic heterocycles. The third-order valence-corrected chi connectivity index (χ3v) is 6.20. The van der Waals surface area contributed by atoms with Crippen molar-refractivity contribution >= 4 is 51.7 Å². The molecule has 1 aliphatic heterocycles. The van der Waals surface area contributed by atoms with Crippen LogP contribution >= 0.6 is 11.8 Å². The second-order valence-electron chi connectivity index (χ2n) is 7.30. The van der Waals surface area contributed by atoms with Gasteiger partial charge in [0, 0.05) is 28.0 Å². The molecule has 3 N–H and O–H groups in total. The Balaban J connectivity index is 1.34. The quantitative estimate of drug-likeness (QED) is 0.404. The largest absolute Gasteiger partial charge is 0.361 e. The lowest BCUT2D eigenvalue weighted by Gasteiger charge is -2.29. The van der Waals surface area contributed by atoms with Gasteiger partial charge in [0.05, 0.1) is 18.0 Å². The van der Waals surface area contributed by atoms with E-state index in [1.807, 2.05) is 79.0 Å². The first-order valence-electron chi connectivity index (χ1n) is 9.92. The van der Waals surface area contributed by atoms with Gasteiger partial charge in [0.1, 0.15) is 0 Å². The van der Waals surface area contributed by atoms with E-state index in [0.717, 1.165) is 27.0 Å². The van der Waals surface area contributed by atoms with Crippen LogP contribution in [-0.2, 0) is 11.3 Å². The molecular weight excluding hydrogens is 408 g/mol. The van der Waals surface area contributed by atoms with E-state index in [1.165, 1.54) is 11.8 Å². The predicted molar refractivity (Wildman–Crippen MR) is 126 cm³/mol. The molecule has 3 aromatic carbocycles. The van der Waals surface area contributed by atoms with Crippen molar-refractivity contribution in [2.75, 3.05) is 21.3 Å². The highest BCUT2D eigenvalue weighted by molar-refractivity contribution is 8.00. The van der Waals surface area contributed by atoms with Crippen LogP contribution in [0.4, 0.5) is 21.9 Å². The summed E-state index contributed by atoms with van der Waals surface area (Å²) in [5, 5.41) is 6.82. The molecule has 0 fully saturated rings. The highest BCUT2D eigenvalue weighted by Crippen LogP contribution is 2.38. The van der Waals surface area contributed by atoms with E-state index in [9.17, 15) is 9.59 Å². The maximum absolute atomic E-state index is 12.6. The second kappa shape index (κ2) is 8.20. The van der Waals surface area contributed by atoms with Crippen molar-refractivity contribution in [3.63, 3.8) is 0 Å². The Morgan fingerprint density at radius 1 is 0.968 bits per heavy atom. The van der Waals surface area contributed by atoms with Crippen molar-refractivity contribution < 1.29 is 9.59 Å². The Morgan fingerprint density at radius 3 is 2.58 bits per heavy atom. The Morgan fingerprint density at radius 2 is 1.74 bits per heavy atom. The smallest absolute Gasteiger partial charge is 0.323 e. The highest BCUT2D eigenvalue weighted by Gasteiger charge is 2.25. The Hall–Kier alpha value is -3.71. The first kappa shape index (κ1) is 19.3. The van der Waals surface area contributed by atoms with Gasteiger partial charge in [-0.15, -0.1) is 11.8 Å². The molecule has 4 aromatic rings. The van der Waals surface area contributed by atoms with E-state index < -0.39 is 0 Å². The lowest BCUT2D eigenvalue weighted by Crippen LogP contribution is -2.34. The average molecular weight is 429 g/mol. The fraction of sp³-hybridized carbons (Fsp3) is 0.0833. The van der Waals surface area contributed by atoms with E-state index in [0.29, 0.717) is 23.7 Å². The number of rotatable bonds is 4. The highest BCUT2D eigenvalue weighted by atomic mass is 32.2. The number of H-pyrrole nitrogens is 1. The monoisotopic (exact) mass is 428 g/mol. The van der Waals surface area contributed by atoms with Crippen LogP contribution in [0.25, 0.3) is 10.9 Å². The summed E-state index contributed by atoms with van der Waals surface area (Å²) in [4.78, 5) is 31.1. The average Bonchev–Trinajstić information content (AvgIpc) is 3.24. The summed E-state index contributed by atoms with van der Waals surface area (Å²) in [6.45, 7) is 0.499. The van der Waals surface area contributed by atoms with Crippen LogP contribution in [0.5, 0.6) is 0 Å². The minimum atomic E-state index is -0.338. The zero-order valence-corrected chi connectivity index (χ0v) is 17.4. The number of hydrogen-bond acceptors (Lipinski definition) is 3. The van der Waals surface area contributed by atoms with Gasteiger partial charge in [-0.05, 0) is 47.3 Å². The van der Waals surface area contributed by atoms with Crippen LogP contribution < -0.4 is 15.5 Å². The van der Waals surface area contributed by atoms with E-state index in [4.69, 9.17) is 0 Å². The summed E-state index contributed by atoms with van der Waals surface area (Å²) in [5.41, 5.74) is 4.16. The van der Waals surface area contributed by atoms with Gasteiger partial charge in [-0.1, -0.05) is 36.4 Å². The van der Waals surface area contributed by atoms with Crippen LogP contribution in [0.15, 0.2) is 83.9 Å². The lowest BCUT2D eigenvalue weighted by molar-refractivity contribution is -0.116. The standard InChI is InChI=1S/C24H20N4O2S/c29-23-15-31-22-9-8-19(13-21(22)28(23)14-16-4-2-1-3-5-16)27-24(30)26-18-7-6-17-10-11-25-20(17)12-18/h1-13,25H,14-15H2,(H2,26,27,30). The molecule has 31 heavy (non-hydrogen) atoms. The van der Waals surface area contributed by atoms with Crippen LogP contribution in [0.3, 0.4) is 0 Å². The summed E-state index contributed by atoms with van der Waals surface area (Å²) >= 11 is 1.52. The molecule has 0 radical (unpaired) electrons. The molecule has 0 saturated carbocycles. The molecule has 0 saturated heterocycles. The fourth-order valence-corrected chi connectivity index (χ4v) is 4.55. The summed E-state index contributed by atoms with van der Waals surface area (Å²) in [6.07, 6.45) is 1.86. The fourth-order valence-electron chi connectivity index (χ4n) is 3.64. The van der Waals surface area contributed by atoms with Crippen LogP contribution in [0.1, 0.15) is 5.56 Å². The number of urea groups is 1. The van der Waals surface area contributed by atoms with Crippen molar-refractivity contribution in [3.05, 3.63) is 84.6 Å². The summed E-state index contributed by atoms with van der Waals surface area (Å²) in [6, 6.07) is 22.9. The second-order valence-corrected chi connectivity index (χ2v) is 8.31. The minimum Gasteiger partial charge on any atom is -0.361 e. The lowest BCUT2D eigenvalue weighted by atomic mass is 10.2. The number of anilines is 3. The summed E-state index contributed by atoms with van der Waals surface area (Å²) in [7, 11) is 0. The summed E-state index contributed by atoms with van der Waals surface area (Å²) < 4.78 is 0. The van der Waals surface area contributed by atoms with Crippen LogP contribution in [-0.4, -0.2) is 22.7 Å². The van der Waals surface area contributed by atoms with Gasteiger partial charge >= 0.3 is 6.03 Å². The molecule has 2 heterocycles. The molecular formula is C24H20N4O2S. The van der Waals surface area contributed by atoms with Crippen molar-refractivity contribution in [2.24, 2.45) is 0 Å². The molecule has 0 unspecified atom stereocenters. The third-order valence-electron chi connectivity index (χ3n) is 5.16. The first-order valence-corrected chi connectivity index (χ1v) is 10.9. The molecule has 1 aliphatic rings. The van der Waals surface area contributed by atoms with Gasteiger partial charge in [-0.3, -0.25) is 4.79 Å². The number of nitrogens with one attached hydrogen (secondary N) is 3. The summed E-state index contributed by atoms with van der Waals surface area (Å²) in [5.74, 6) is 0.469. The maximum Gasteiger partial charge on any atom is 0.323 e. The minimum absolute atomic E-state index is 0.0576. The number of hydrogen-bond donors (Lipinski definition) is 3. The Kier molecular flexibility index (Phi) is 5.09. The number of benzene rings is 3. The zero-order chi connectivity index (χ0) is 21.2. The van der Waals surface area contributed by atoms with Gasteiger partial charge in [-0.25, -0.2) is 4.79 Å². The van der Waals surface area contributed by atoms with Gasteiger partial charge in [0.2, 0.25) is 5.91 Å². The third kappa shape index (κ3) is 4.13. The van der Waals surface area contributed by atoms with E-state index in [2.05, 4.69) is 15.6 Å². The molecule has 7 heteroatoms. The van der Waals surface area contributed by atoms with Crippen LogP contribution in [0.2, 0.25) is 0 Å². The van der Waals surface area contributed by atoms with Crippen molar-refractivity contribution in [1.82, 2.24) is 4.98 Å². The SMILES string of the molecule is O=C(Nc1ccc2c(c1)N(Cc1ccccc1)C(=O)CS2)Nc1ccc2cc[nH]c2c1. The number of nitrogens with zero attached hydrogens (tertiary/aromatic N) is 1. The zero-order valence-electron chi connectivity index (χ0n) is 16.6. The van der Waals surface area contributed by atoms with Gasteiger partial charge in [0.15, 0.2) is 0 Å². The molecule has 5 rings (SSSR count).